The van der Waals surface area contributed by atoms with Crippen LogP contribution in [-0.2, 0) is 5.41 Å². The molecule has 0 spiro atoms. The van der Waals surface area contributed by atoms with E-state index >= 15 is 0 Å². The molecule has 2 N–H and O–H groups in total. The van der Waals surface area contributed by atoms with Crippen molar-refractivity contribution in [3.63, 3.8) is 0 Å². The molecule has 0 fully saturated rings. The predicted molar refractivity (Wildman–Crippen MR) is 76.2 cm³/mol. The highest BCUT2D eigenvalue weighted by molar-refractivity contribution is 5.98. The molecule has 0 aliphatic rings. The highest BCUT2D eigenvalue weighted by Gasteiger charge is 2.22. The lowest BCUT2D eigenvalue weighted by molar-refractivity contribution is 0.0946. The number of carbonyl (C=O) groups is 1. The van der Waals surface area contributed by atoms with Gasteiger partial charge in [0.1, 0.15) is 5.82 Å². The molecular formula is C15H19N3O. The monoisotopic (exact) mass is 257 g/mol. The third-order valence-electron chi connectivity index (χ3n) is 3.07. The molecular weight excluding hydrogens is 238 g/mol. The van der Waals surface area contributed by atoms with Gasteiger partial charge in [0.15, 0.2) is 0 Å². The van der Waals surface area contributed by atoms with Gasteiger partial charge in [-0.3, -0.25) is 4.79 Å². The number of nitrogens with zero attached hydrogens (tertiary/aromatic N) is 2. The number of nitrogens with two attached hydrogens (primary N) is 1. The van der Waals surface area contributed by atoms with Gasteiger partial charge in [-0.05, 0) is 18.6 Å². The Morgan fingerprint density at radius 2 is 1.89 bits per heavy atom. The van der Waals surface area contributed by atoms with Crippen molar-refractivity contribution in [2.75, 3.05) is 5.73 Å². The molecule has 4 heteroatoms. The zero-order valence-electron chi connectivity index (χ0n) is 11.8. The summed E-state index contributed by atoms with van der Waals surface area (Å²) in [5.41, 5.74) is 8.12. The Bertz CT molecular complexity index is 621. The van der Waals surface area contributed by atoms with Crippen molar-refractivity contribution in [1.29, 1.82) is 0 Å². The molecule has 0 radical (unpaired) electrons. The summed E-state index contributed by atoms with van der Waals surface area (Å²) in [4.78, 5) is 12.4. The third-order valence-corrected chi connectivity index (χ3v) is 3.07. The molecule has 2 aromatic rings. The summed E-state index contributed by atoms with van der Waals surface area (Å²) in [6, 6.07) is 9.19. The van der Waals surface area contributed by atoms with E-state index in [2.05, 4.69) is 5.10 Å². The van der Waals surface area contributed by atoms with Gasteiger partial charge in [0, 0.05) is 17.0 Å². The maximum absolute atomic E-state index is 12.4. The number of carbonyl (C=O) groups excluding carboxylic acids is 1. The van der Waals surface area contributed by atoms with Gasteiger partial charge in [-0.2, -0.15) is 9.78 Å². The fourth-order valence-electron chi connectivity index (χ4n) is 1.85. The summed E-state index contributed by atoms with van der Waals surface area (Å²) in [6.45, 7) is 8.02. The van der Waals surface area contributed by atoms with Crippen LogP contribution in [0.2, 0.25) is 0 Å². The van der Waals surface area contributed by atoms with E-state index in [1.807, 2.05) is 45.9 Å². The van der Waals surface area contributed by atoms with Crippen LogP contribution in [0.25, 0.3) is 0 Å². The maximum Gasteiger partial charge on any atom is 0.280 e. The van der Waals surface area contributed by atoms with Crippen LogP contribution < -0.4 is 5.73 Å². The zero-order valence-corrected chi connectivity index (χ0v) is 11.8. The van der Waals surface area contributed by atoms with Gasteiger partial charge in [0.05, 0.1) is 5.69 Å². The van der Waals surface area contributed by atoms with Crippen molar-refractivity contribution in [2.24, 2.45) is 0 Å². The number of aromatic nitrogens is 2. The van der Waals surface area contributed by atoms with Crippen molar-refractivity contribution in [3.8, 4) is 0 Å². The Balaban J connectivity index is 2.46. The molecule has 4 nitrogen and oxygen atoms in total. The number of rotatable bonds is 1. The Kier molecular flexibility index (Phi) is 3.18. The molecule has 0 unspecified atom stereocenters. The Morgan fingerprint density at radius 3 is 2.42 bits per heavy atom. The smallest absolute Gasteiger partial charge is 0.280 e. The second-order valence-electron chi connectivity index (χ2n) is 5.74. The fraction of sp³-hybridized carbons (Fsp3) is 0.333. The SMILES string of the molecule is Cc1ccccc1C(=O)n1nc(C(C)(C)C)cc1N. The average molecular weight is 257 g/mol. The van der Waals surface area contributed by atoms with E-state index in [1.54, 1.807) is 12.1 Å². The van der Waals surface area contributed by atoms with E-state index in [-0.39, 0.29) is 11.3 Å². The molecule has 0 saturated heterocycles. The first-order valence-corrected chi connectivity index (χ1v) is 6.27. The molecule has 0 aliphatic heterocycles. The standard InChI is InChI=1S/C15H19N3O/c1-10-7-5-6-8-11(10)14(19)18-13(16)9-12(17-18)15(2,3)4/h5-9H,16H2,1-4H3. The number of anilines is 1. The lowest BCUT2D eigenvalue weighted by Gasteiger charge is -2.14. The quantitative estimate of drug-likeness (QED) is 0.854. The lowest BCUT2D eigenvalue weighted by atomic mass is 9.92. The van der Waals surface area contributed by atoms with E-state index in [9.17, 15) is 4.79 Å². The molecule has 1 aromatic carbocycles. The summed E-state index contributed by atoms with van der Waals surface area (Å²) in [5.74, 6) is 0.185. The first-order chi connectivity index (χ1) is 8.80. The number of hydrogen-bond acceptors (Lipinski definition) is 3. The lowest BCUT2D eigenvalue weighted by Crippen LogP contribution is -2.19. The Hall–Kier alpha value is -2.10. The molecule has 1 aromatic heterocycles. The number of benzene rings is 1. The molecule has 19 heavy (non-hydrogen) atoms. The van der Waals surface area contributed by atoms with Gasteiger partial charge in [-0.25, -0.2) is 0 Å². The minimum Gasteiger partial charge on any atom is -0.383 e. The minimum atomic E-state index is -0.189. The predicted octanol–water partition coefficient (Wildman–Crippen LogP) is 2.76. The molecule has 0 saturated carbocycles. The first kappa shape index (κ1) is 13.3. The van der Waals surface area contributed by atoms with E-state index < -0.39 is 0 Å². The fourth-order valence-corrected chi connectivity index (χ4v) is 1.85. The van der Waals surface area contributed by atoms with Crippen molar-refractivity contribution in [2.45, 2.75) is 33.1 Å². The molecule has 0 aliphatic carbocycles. The molecule has 100 valence electrons. The van der Waals surface area contributed by atoms with E-state index in [0.717, 1.165) is 11.3 Å². The largest absolute Gasteiger partial charge is 0.383 e. The van der Waals surface area contributed by atoms with Crippen molar-refractivity contribution >= 4 is 11.7 Å². The summed E-state index contributed by atoms with van der Waals surface area (Å²) in [5, 5.41) is 4.34. The van der Waals surface area contributed by atoms with E-state index in [1.165, 1.54) is 4.68 Å². The van der Waals surface area contributed by atoms with Crippen molar-refractivity contribution in [1.82, 2.24) is 9.78 Å². The van der Waals surface area contributed by atoms with Crippen molar-refractivity contribution < 1.29 is 4.79 Å². The van der Waals surface area contributed by atoms with Crippen LogP contribution in [0.15, 0.2) is 30.3 Å². The Labute approximate surface area is 113 Å². The van der Waals surface area contributed by atoms with Gasteiger partial charge < -0.3 is 5.73 Å². The summed E-state index contributed by atoms with van der Waals surface area (Å²) >= 11 is 0. The van der Waals surface area contributed by atoms with Crippen LogP contribution >= 0.6 is 0 Å². The number of hydrogen-bond donors (Lipinski definition) is 1. The number of nitrogen functional groups attached to an aromatic ring is 1. The van der Waals surface area contributed by atoms with Gasteiger partial charge >= 0.3 is 0 Å². The molecule has 0 bridgehead atoms. The average Bonchev–Trinajstić information content (AvgIpc) is 2.71. The second kappa shape index (κ2) is 4.53. The second-order valence-corrected chi connectivity index (χ2v) is 5.74. The minimum absolute atomic E-state index is 0.134. The van der Waals surface area contributed by atoms with Gasteiger partial charge in [-0.1, -0.05) is 39.0 Å². The van der Waals surface area contributed by atoms with Crippen LogP contribution in [0.4, 0.5) is 5.82 Å². The highest BCUT2D eigenvalue weighted by Crippen LogP contribution is 2.23. The summed E-state index contributed by atoms with van der Waals surface area (Å²) in [6.07, 6.45) is 0. The first-order valence-electron chi connectivity index (χ1n) is 6.27. The zero-order chi connectivity index (χ0) is 14.2. The van der Waals surface area contributed by atoms with Gasteiger partial charge in [-0.15, -0.1) is 0 Å². The molecule has 2 rings (SSSR count). The van der Waals surface area contributed by atoms with Gasteiger partial charge in [0.25, 0.3) is 5.91 Å². The van der Waals surface area contributed by atoms with Crippen LogP contribution in [-0.4, -0.2) is 15.7 Å². The van der Waals surface area contributed by atoms with E-state index in [0.29, 0.717) is 11.4 Å². The normalized spacial score (nSPS) is 11.6. The number of aryl methyl sites for hydroxylation is 1. The Morgan fingerprint density at radius 1 is 1.26 bits per heavy atom. The maximum atomic E-state index is 12.4. The van der Waals surface area contributed by atoms with E-state index in [4.69, 9.17) is 5.73 Å². The van der Waals surface area contributed by atoms with Crippen LogP contribution in [0.3, 0.4) is 0 Å². The highest BCUT2D eigenvalue weighted by atomic mass is 16.2. The van der Waals surface area contributed by atoms with Gasteiger partial charge in [0.2, 0.25) is 0 Å². The topological polar surface area (TPSA) is 60.9 Å². The molecule has 0 atom stereocenters. The third kappa shape index (κ3) is 2.52. The van der Waals surface area contributed by atoms with Crippen molar-refractivity contribution in [3.05, 3.63) is 47.2 Å². The molecule has 1 heterocycles. The summed E-state index contributed by atoms with van der Waals surface area (Å²) < 4.78 is 1.28. The van der Waals surface area contributed by atoms with Crippen LogP contribution in [0.5, 0.6) is 0 Å². The van der Waals surface area contributed by atoms with Crippen LogP contribution in [0.1, 0.15) is 42.4 Å². The molecule has 0 amide bonds. The van der Waals surface area contributed by atoms with Crippen LogP contribution in [0, 0.1) is 6.92 Å². The summed E-state index contributed by atoms with van der Waals surface area (Å²) in [7, 11) is 0.